The number of nitrogens with one attached hydrogen (secondary N) is 1. The number of anilines is 1. The molecule has 0 aliphatic heterocycles. The van der Waals surface area contributed by atoms with Crippen molar-refractivity contribution in [1.82, 2.24) is 19.9 Å². The summed E-state index contributed by atoms with van der Waals surface area (Å²) in [5, 5.41) is 6.76. The topological polar surface area (TPSA) is 85.3 Å². The quantitative estimate of drug-likeness (QED) is 0.570. The first kappa shape index (κ1) is 17.6. The van der Waals surface area contributed by atoms with Crippen molar-refractivity contribution >= 4 is 17.5 Å². The second kappa shape index (κ2) is 7.07. The van der Waals surface area contributed by atoms with Crippen molar-refractivity contribution in [3.05, 3.63) is 83.6 Å². The molecule has 4 aromatic rings. The lowest BCUT2D eigenvalue weighted by atomic mass is 10.1. The van der Waals surface area contributed by atoms with Crippen molar-refractivity contribution in [2.45, 2.75) is 6.54 Å². The highest BCUT2D eigenvalue weighted by Crippen LogP contribution is 2.20. The molecule has 3 N–H and O–H groups in total. The van der Waals surface area contributed by atoms with Gasteiger partial charge in [-0.3, -0.25) is 4.79 Å². The summed E-state index contributed by atoms with van der Waals surface area (Å²) in [7, 11) is 0. The van der Waals surface area contributed by atoms with Crippen LogP contribution >= 0.6 is 0 Å². The average Bonchev–Trinajstić information content (AvgIpc) is 3.08. The molecule has 0 aliphatic carbocycles. The number of carbonyl (C=O) groups excluding carboxylic acids is 1. The van der Waals surface area contributed by atoms with Gasteiger partial charge in [0.1, 0.15) is 0 Å². The number of rotatable bonds is 4. The minimum Gasteiger partial charge on any atom is -0.366 e. The Hall–Kier alpha value is -3.81. The molecule has 28 heavy (non-hydrogen) atoms. The minimum absolute atomic E-state index is 0.0994. The van der Waals surface area contributed by atoms with Gasteiger partial charge in [0.15, 0.2) is 17.3 Å². The molecule has 0 radical (unpaired) electrons. The van der Waals surface area contributed by atoms with Crippen molar-refractivity contribution in [3.8, 4) is 11.1 Å². The van der Waals surface area contributed by atoms with Crippen molar-refractivity contribution in [2.24, 2.45) is 0 Å². The molecule has 140 valence electrons. The van der Waals surface area contributed by atoms with Crippen LogP contribution in [0.4, 0.5) is 14.7 Å². The number of amides is 1. The van der Waals surface area contributed by atoms with Gasteiger partial charge in [-0.15, -0.1) is 5.10 Å². The van der Waals surface area contributed by atoms with E-state index in [4.69, 9.17) is 5.73 Å². The smallest absolute Gasteiger partial charge is 0.251 e. The Labute approximate surface area is 158 Å². The molecule has 2 aromatic heterocycles. The van der Waals surface area contributed by atoms with Gasteiger partial charge in [-0.2, -0.15) is 4.98 Å². The van der Waals surface area contributed by atoms with Crippen LogP contribution in [0.15, 0.2) is 60.8 Å². The predicted molar refractivity (Wildman–Crippen MR) is 100 cm³/mol. The van der Waals surface area contributed by atoms with E-state index in [9.17, 15) is 13.6 Å². The first-order valence-electron chi connectivity index (χ1n) is 8.44. The molecule has 6 nitrogen and oxygen atoms in total. The van der Waals surface area contributed by atoms with Crippen molar-refractivity contribution < 1.29 is 13.6 Å². The standard InChI is InChI=1S/C20H15F2N5O/c21-16-7-1-12(9-17(16)22)10-24-19(28)14-4-2-13(3-5-14)15-6-8-18-25-20(23)26-27(18)11-15/h1-9,11H,10H2,(H2,23,26)(H,24,28). The monoisotopic (exact) mass is 379 g/mol. The first-order chi connectivity index (χ1) is 13.5. The highest BCUT2D eigenvalue weighted by Gasteiger charge is 2.08. The average molecular weight is 379 g/mol. The van der Waals surface area contributed by atoms with Gasteiger partial charge in [-0.05, 0) is 47.5 Å². The van der Waals surface area contributed by atoms with Crippen LogP contribution in [0.3, 0.4) is 0 Å². The second-order valence-electron chi connectivity index (χ2n) is 6.20. The number of nitrogens with zero attached hydrogens (tertiary/aromatic N) is 3. The molecule has 0 saturated carbocycles. The third-order valence-corrected chi connectivity index (χ3v) is 4.26. The summed E-state index contributed by atoms with van der Waals surface area (Å²) < 4.78 is 27.8. The summed E-state index contributed by atoms with van der Waals surface area (Å²) in [4.78, 5) is 16.4. The molecule has 1 amide bonds. The molecule has 8 heteroatoms. The van der Waals surface area contributed by atoms with Crippen molar-refractivity contribution in [3.63, 3.8) is 0 Å². The maximum atomic E-state index is 13.2. The summed E-state index contributed by atoms with van der Waals surface area (Å²) in [5.74, 6) is -1.97. The summed E-state index contributed by atoms with van der Waals surface area (Å²) in [6.45, 7) is 0.0994. The van der Waals surface area contributed by atoms with E-state index in [1.807, 2.05) is 18.2 Å². The number of aromatic nitrogens is 3. The van der Waals surface area contributed by atoms with E-state index >= 15 is 0 Å². The zero-order valence-electron chi connectivity index (χ0n) is 14.6. The molecular formula is C20H15F2N5O. The summed E-state index contributed by atoms with van der Waals surface area (Å²) >= 11 is 0. The Balaban J connectivity index is 1.46. The second-order valence-corrected chi connectivity index (χ2v) is 6.20. The van der Waals surface area contributed by atoms with Crippen LogP contribution < -0.4 is 11.1 Å². The molecule has 0 aliphatic rings. The molecule has 2 heterocycles. The number of benzene rings is 2. The Morgan fingerprint density at radius 1 is 1.00 bits per heavy atom. The number of fused-ring (bicyclic) bond motifs is 1. The van der Waals surface area contributed by atoms with E-state index in [0.29, 0.717) is 16.8 Å². The number of halogens is 2. The van der Waals surface area contributed by atoms with Crippen molar-refractivity contribution in [1.29, 1.82) is 0 Å². The van der Waals surface area contributed by atoms with Gasteiger partial charge in [0.25, 0.3) is 5.91 Å². The molecule has 4 rings (SSSR count). The van der Waals surface area contributed by atoms with Crippen LogP contribution in [0.5, 0.6) is 0 Å². The highest BCUT2D eigenvalue weighted by molar-refractivity contribution is 5.94. The summed E-state index contributed by atoms with van der Waals surface area (Å²) in [5.41, 5.74) is 8.96. The van der Waals surface area contributed by atoms with E-state index in [-0.39, 0.29) is 18.4 Å². The fourth-order valence-corrected chi connectivity index (χ4v) is 2.82. The lowest BCUT2D eigenvalue weighted by molar-refractivity contribution is 0.0951. The molecule has 0 spiro atoms. The van der Waals surface area contributed by atoms with Gasteiger partial charge in [0.05, 0.1) is 0 Å². The molecule has 0 unspecified atom stereocenters. The highest BCUT2D eigenvalue weighted by atomic mass is 19.2. The maximum absolute atomic E-state index is 13.2. The zero-order valence-corrected chi connectivity index (χ0v) is 14.6. The zero-order chi connectivity index (χ0) is 19.7. The van der Waals surface area contributed by atoms with Gasteiger partial charge in [-0.25, -0.2) is 13.3 Å². The van der Waals surface area contributed by atoms with Gasteiger partial charge in [0.2, 0.25) is 5.95 Å². The number of nitrogens with two attached hydrogens (primary N) is 1. The number of hydrogen-bond acceptors (Lipinski definition) is 4. The number of hydrogen-bond donors (Lipinski definition) is 2. The Bertz CT molecular complexity index is 1170. The Kier molecular flexibility index (Phi) is 4.44. The Morgan fingerprint density at radius 3 is 2.50 bits per heavy atom. The van der Waals surface area contributed by atoms with Gasteiger partial charge >= 0.3 is 0 Å². The number of pyridine rings is 1. The molecule has 0 atom stereocenters. The van der Waals surface area contributed by atoms with Crippen LogP contribution in [0, 0.1) is 11.6 Å². The normalized spacial score (nSPS) is 10.9. The fraction of sp³-hybridized carbons (Fsp3) is 0.0500. The molecule has 0 fully saturated rings. The van der Waals surface area contributed by atoms with Crippen molar-refractivity contribution in [2.75, 3.05) is 5.73 Å². The molecule has 0 saturated heterocycles. The van der Waals surface area contributed by atoms with Gasteiger partial charge < -0.3 is 11.1 Å². The van der Waals surface area contributed by atoms with E-state index in [0.717, 1.165) is 23.3 Å². The number of nitrogen functional groups attached to an aromatic ring is 1. The first-order valence-corrected chi connectivity index (χ1v) is 8.44. The van der Waals surface area contributed by atoms with Crippen LogP contribution in [-0.4, -0.2) is 20.5 Å². The van der Waals surface area contributed by atoms with Gasteiger partial charge in [0, 0.05) is 23.9 Å². The fourth-order valence-electron chi connectivity index (χ4n) is 2.82. The van der Waals surface area contributed by atoms with Gasteiger partial charge in [-0.1, -0.05) is 18.2 Å². The predicted octanol–water partition coefficient (Wildman–Crippen LogP) is 3.19. The molecule has 0 bridgehead atoms. The third kappa shape index (κ3) is 3.52. The van der Waals surface area contributed by atoms with Crippen LogP contribution in [0.2, 0.25) is 0 Å². The van der Waals surface area contributed by atoms with E-state index in [1.54, 1.807) is 28.9 Å². The van der Waals surface area contributed by atoms with Crippen LogP contribution in [0.25, 0.3) is 16.8 Å². The summed E-state index contributed by atoms with van der Waals surface area (Å²) in [6.07, 6.45) is 1.80. The third-order valence-electron chi connectivity index (χ3n) is 4.26. The minimum atomic E-state index is -0.942. The molecular weight excluding hydrogens is 364 g/mol. The van der Waals surface area contributed by atoms with E-state index in [2.05, 4.69) is 15.4 Å². The SMILES string of the molecule is Nc1nc2ccc(-c3ccc(C(=O)NCc4ccc(F)c(F)c4)cc3)cn2n1. The van der Waals surface area contributed by atoms with Crippen LogP contribution in [-0.2, 0) is 6.54 Å². The Morgan fingerprint density at radius 2 is 1.75 bits per heavy atom. The summed E-state index contributed by atoms with van der Waals surface area (Å²) in [6, 6.07) is 14.2. The number of carbonyl (C=O) groups is 1. The van der Waals surface area contributed by atoms with E-state index in [1.165, 1.54) is 6.07 Å². The lowest BCUT2D eigenvalue weighted by Gasteiger charge is -2.07. The maximum Gasteiger partial charge on any atom is 0.251 e. The lowest BCUT2D eigenvalue weighted by Crippen LogP contribution is -2.22. The largest absolute Gasteiger partial charge is 0.366 e. The van der Waals surface area contributed by atoms with E-state index < -0.39 is 11.6 Å². The van der Waals surface area contributed by atoms with Crippen LogP contribution in [0.1, 0.15) is 15.9 Å². The molecule has 2 aromatic carbocycles.